The second-order valence-electron chi connectivity index (χ2n) is 9.16. The summed E-state index contributed by atoms with van der Waals surface area (Å²) in [6, 6.07) is 9.94. The molecule has 2 aromatic carbocycles. The molecule has 0 bridgehead atoms. The molecule has 0 spiro atoms. The summed E-state index contributed by atoms with van der Waals surface area (Å²) in [7, 11) is 3.93. The standard InChI is InChI=1S/C30H31F2NO8/c1-16(15-23(35)26-29(41-18(3)34)24(37-4)13-14-33-26)30(36)40-17(2)25(19-9-7-11-21(31)27(19)38-5)20-10-8-12-22(32)28(20)39-6/h7-14,16-17,25H,15H2,1-6H3/t16-,17?/m1/s1. The number of rotatable bonds is 12. The number of esters is 2. The van der Waals surface area contributed by atoms with Crippen molar-refractivity contribution >= 4 is 17.7 Å². The molecular weight excluding hydrogens is 540 g/mol. The largest absolute Gasteiger partial charge is 0.493 e. The van der Waals surface area contributed by atoms with Gasteiger partial charge in [0.15, 0.2) is 40.4 Å². The van der Waals surface area contributed by atoms with Crippen LogP contribution in [0.2, 0.25) is 0 Å². The molecule has 0 aliphatic heterocycles. The fraction of sp³-hybridized carbons (Fsp3) is 0.333. The number of carbonyl (C=O) groups is 3. The molecule has 3 rings (SSSR count). The Morgan fingerprint density at radius 2 is 1.39 bits per heavy atom. The average molecular weight is 572 g/mol. The molecule has 0 radical (unpaired) electrons. The minimum Gasteiger partial charge on any atom is -0.493 e. The number of carbonyl (C=O) groups excluding carboxylic acids is 3. The maximum atomic E-state index is 14.7. The Kier molecular flexibility index (Phi) is 10.3. The van der Waals surface area contributed by atoms with Gasteiger partial charge in [0.1, 0.15) is 6.10 Å². The number of pyridine rings is 1. The Balaban J connectivity index is 1.92. The van der Waals surface area contributed by atoms with E-state index < -0.39 is 47.3 Å². The molecule has 1 unspecified atom stereocenters. The lowest BCUT2D eigenvalue weighted by atomic mass is 9.85. The molecule has 1 aromatic heterocycles. The summed E-state index contributed by atoms with van der Waals surface area (Å²) in [5.74, 6) is -5.44. The summed E-state index contributed by atoms with van der Waals surface area (Å²) in [6.45, 7) is 4.22. The average Bonchev–Trinajstić information content (AvgIpc) is 2.93. The third-order valence-electron chi connectivity index (χ3n) is 6.34. The highest BCUT2D eigenvalue weighted by Gasteiger charge is 2.33. The summed E-state index contributed by atoms with van der Waals surface area (Å²) in [4.78, 5) is 41.9. The van der Waals surface area contributed by atoms with E-state index in [1.165, 1.54) is 71.7 Å². The van der Waals surface area contributed by atoms with E-state index >= 15 is 0 Å². The third kappa shape index (κ3) is 6.97. The van der Waals surface area contributed by atoms with Crippen molar-refractivity contribution in [3.05, 3.63) is 77.1 Å². The lowest BCUT2D eigenvalue weighted by molar-refractivity contribution is -0.153. The van der Waals surface area contributed by atoms with Crippen molar-refractivity contribution in [2.75, 3.05) is 21.3 Å². The van der Waals surface area contributed by atoms with E-state index in [1.54, 1.807) is 19.1 Å². The SMILES string of the molecule is COc1ccnc(C(=O)C[C@@H](C)C(=O)OC(C)C(c2cccc(F)c2OC)c2cccc(F)c2OC)c1OC(C)=O. The number of halogens is 2. The predicted octanol–water partition coefficient (Wildman–Crippen LogP) is 5.28. The van der Waals surface area contributed by atoms with Crippen molar-refractivity contribution in [1.82, 2.24) is 4.98 Å². The molecule has 41 heavy (non-hydrogen) atoms. The van der Waals surface area contributed by atoms with Gasteiger partial charge in [-0.3, -0.25) is 14.4 Å². The number of para-hydroxylation sites is 2. The normalized spacial score (nSPS) is 12.3. The van der Waals surface area contributed by atoms with Gasteiger partial charge >= 0.3 is 11.9 Å². The van der Waals surface area contributed by atoms with Crippen LogP contribution in [0.25, 0.3) is 0 Å². The van der Waals surface area contributed by atoms with Crippen LogP contribution in [0.5, 0.6) is 23.0 Å². The summed E-state index contributed by atoms with van der Waals surface area (Å²) < 4.78 is 56.0. The summed E-state index contributed by atoms with van der Waals surface area (Å²) in [5.41, 5.74) is 0.415. The van der Waals surface area contributed by atoms with Crippen LogP contribution < -0.4 is 18.9 Å². The van der Waals surface area contributed by atoms with Gasteiger partial charge in [0.05, 0.1) is 33.2 Å². The molecule has 3 aromatic rings. The van der Waals surface area contributed by atoms with Crippen molar-refractivity contribution in [3.63, 3.8) is 0 Å². The molecule has 2 atom stereocenters. The first-order valence-corrected chi connectivity index (χ1v) is 12.6. The number of ketones is 1. The van der Waals surface area contributed by atoms with Crippen LogP contribution in [0, 0.1) is 17.6 Å². The van der Waals surface area contributed by atoms with Gasteiger partial charge in [-0.2, -0.15) is 0 Å². The van der Waals surface area contributed by atoms with Crippen LogP contribution in [0.15, 0.2) is 48.7 Å². The summed E-state index contributed by atoms with van der Waals surface area (Å²) in [6.07, 6.45) is -0.0111. The lowest BCUT2D eigenvalue weighted by Crippen LogP contribution is -2.28. The van der Waals surface area contributed by atoms with Crippen molar-refractivity contribution in [2.45, 2.75) is 39.2 Å². The van der Waals surface area contributed by atoms with Gasteiger partial charge in [0.25, 0.3) is 0 Å². The number of hydrogen-bond donors (Lipinski definition) is 0. The van der Waals surface area contributed by atoms with Gasteiger partial charge in [0.2, 0.25) is 5.75 Å². The first-order chi connectivity index (χ1) is 19.5. The third-order valence-corrected chi connectivity index (χ3v) is 6.34. The fourth-order valence-electron chi connectivity index (χ4n) is 4.50. The van der Waals surface area contributed by atoms with Crippen LogP contribution >= 0.6 is 0 Å². The minimum atomic E-state index is -0.988. The zero-order valence-corrected chi connectivity index (χ0v) is 23.5. The molecule has 0 fully saturated rings. The van der Waals surface area contributed by atoms with Gasteiger partial charge in [-0.15, -0.1) is 0 Å². The Bertz CT molecular complexity index is 1370. The molecule has 9 nitrogen and oxygen atoms in total. The first kappa shape index (κ1) is 31.0. The maximum Gasteiger partial charge on any atom is 0.309 e. The number of methoxy groups -OCH3 is 3. The second kappa shape index (κ2) is 13.7. The van der Waals surface area contributed by atoms with Crippen molar-refractivity contribution in [3.8, 4) is 23.0 Å². The molecule has 0 aliphatic carbocycles. The fourth-order valence-corrected chi connectivity index (χ4v) is 4.50. The van der Waals surface area contributed by atoms with E-state index in [0.717, 1.165) is 0 Å². The Hall–Kier alpha value is -4.54. The predicted molar refractivity (Wildman–Crippen MR) is 144 cm³/mol. The number of Topliss-reactive ketones (excluding diaryl/α,β-unsaturated/α-hetero) is 1. The van der Waals surface area contributed by atoms with E-state index in [9.17, 15) is 23.2 Å². The summed E-state index contributed by atoms with van der Waals surface area (Å²) in [5, 5.41) is 0. The lowest BCUT2D eigenvalue weighted by Gasteiger charge is -2.28. The van der Waals surface area contributed by atoms with E-state index in [-0.39, 0.29) is 35.1 Å². The molecular formula is C30H31F2NO8. The van der Waals surface area contributed by atoms with Gasteiger partial charge in [-0.25, -0.2) is 13.8 Å². The molecule has 11 heteroatoms. The van der Waals surface area contributed by atoms with E-state index in [0.29, 0.717) is 11.1 Å². The number of ether oxygens (including phenoxy) is 5. The first-order valence-electron chi connectivity index (χ1n) is 12.6. The van der Waals surface area contributed by atoms with Crippen LogP contribution in [0.3, 0.4) is 0 Å². The molecule has 0 N–H and O–H groups in total. The van der Waals surface area contributed by atoms with Crippen LogP contribution in [0.1, 0.15) is 54.7 Å². The minimum absolute atomic E-state index is 0.1000. The summed E-state index contributed by atoms with van der Waals surface area (Å²) >= 11 is 0. The number of aromatic nitrogens is 1. The van der Waals surface area contributed by atoms with Crippen molar-refractivity contribution < 1.29 is 46.8 Å². The highest BCUT2D eigenvalue weighted by atomic mass is 19.1. The highest BCUT2D eigenvalue weighted by Crippen LogP contribution is 2.42. The molecule has 218 valence electrons. The molecule has 0 saturated carbocycles. The van der Waals surface area contributed by atoms with Crippen LogP contribution in [-0.2, 0) is 14.3 Å². The number of benzene rings is 2. The molecule has 1 heterocycles. The highest BCUT2D eigenvalue weighted by molar-refractivity contribution is 6.00. The van der Waals surface area contributed by atoms with Crippen LogP contribution in [-0.4, -0.2) is 50.1 Å². The number of hydrogen-bond acceptors (Lipinski definition) is 9. The number of nitrogens with zero attached hydrogens (tertiary/aromatic N) is 1. The Morgan fingerprint density at radius 1 is 0.829 bits per heavy atom. The molecule has 0 amide bonds. The maximum absolute atomic E-state index is 14.7. The van der Waals surface area contributed by atoms with Gasteiger partial charge in [-0.1, -0.05) is 31.2 Å². The topological polar surface area (TPSA) is 110 Å². The Labute approximate surface area is 236 Å². The van der Waals surface area contributed by atoms with E-state index in [1.807, 2.05) is 0 Å². The van der Waals surface area contributed by atoms with Gasteiger partial charge < -0.3 is 23.7 Å². The van der Waals surface area contributed by atoms with Crippen molar-refractivity contribution in [1.29, 1.82) is 0 Å². The van der Waals surface area contributed by atoms with Gasteiger partial charge in [-0.05, 0) is 19.1 Å². The Morgan fingerprint density at radius 3 is 1.88 bits per heavy atom. The van der Waals surface area contributed by atoms with E-state index in [2.05, 4.69) is 4.98 Å². The monoisotopic (exact) mass is 571 g/mol. The van der Waals surface area contributed by atoms with Crippen LogP contribution in [0.4, 0.5) is 8.78 Å². The zero-order valence-electron chi connectivity index (χ0n) is 23.5. The molecule has 0 saturated heterocycles. The smallest absolute Gasteiger partial charge is 0.309 e. The quantitative estimate of drug-likeness (QED) is 0.212. The van der Waals surface area contributed by atoms with Gasteiger partial charge in [0, 0.05) is 36.7 Å². The van der Waals surface area contributed by atoms with Crippen molar-refractivity contribution in [2.24, 2.45) is 5.92 Å². The second-order valence-corrected chi connectivity index (χ2v) is 9.16. The zero-order chi connectivity index (χ0) is 30.3. The van der Waals surface area contributed by atoms with E-state index in [4.69, 9.17) is 23.7 Å². The molecule has 0 aliphatic rings.